The van der Waals surface area contributed by atoms with Gasteiger partial charge in [-0.1, -0.05) is 25.0 Å². The van der Waals surface area contributed by atoms with Crippen LogP contribution in [0.1, 0.15) is 38.2 Å². The smallest absolute Gasteiger partial charge is 0.248 e. The maximum Gasteiger partial charge on any atom is 0.248 e. The Balaban J connectivity index is 1.62. The van der Waals surface area contributed by atoms with Gasteiger partial charge < -0.3 is 15.0 Å². The van der Waals surface area contributed by atoms with Crippen LogP contribution < -0.4 is 5.32 Å². The molecule has 1 aliphatic carbocycles. The molecule has 6 heteroatoms. The van der Waals surface area contributed by atoms with Gasteiger partial charge in [-0.25, -0.2) is 0 Å². The molecular formula is C19H26N2O3S. The lowest BCUT2D eigenvalue weighted by molar-refractivity contribution is -0.139. The van der Waals surface area contributed by atoms with Gasteiger partial charge in [0.15, 0.2) is 0 Å². The van der Waals surface area contributed by atoms with Crippen LogP contribution in [0.25, 0.3) is 0 Å². The maximum atomic E-state index is 12.7. The van der Waals surface area contributed by atoms with E-state index < -0.39 is 0 Å². The SMILES string of the molecule is CCOCc1cccc(NC(=O)C2CSCN2C(=O)C2CCCC2)c1. The zero-order valence-electron chi connectivity index (χ0n) is 14.7. The molecule has 1 aromatic rings. The summed E-state index contributed by atoms with van der Waals surface area (Å²) in [5.41, 5.74) is 1.78. The van der Waals surface area contributed by atoms with Crippen molar-refractivity contribution in [1.29, 1.82) is 0 Å². The molecule has 1 heterocycles. The summed E-state index contributed by atoms with van der Waals surface area (Å²) in [6, 6.07) is 7.33. The summed E-state index contributed by atoms with van der Waals surface area (Å²) in [4.78, 5) is 27.2. The first-order valence-corrected chi connectivity index (χ1v) is 10.2. The van der Waals surface area contributed by atoms with Crippen LogP contribution in [0.15, 0.2) is 24.3 Å². The van der Waals surface area contributed by atoms with E-state index in [-0.39, 0.29) is 23.8 Å². The number of hydrogen-bond acceptors (Lipinski definition) is 4. The highest BCUT2D eigenvalue weighted by molar-refractivity contribution is 7.99. The standard InChI is InChI=1S/C19H26N2O3S/c1-2-24-11-14-6-5-9-16(10-14)20-18(22)17-12-25-13-21(17)19(23)15-7-3-4-8-15/h5-6,9-10,15,17H,2-4,7-8,11-13H2,1H3,(H,20,22). The summed E-state index contributed by atoms with van der Waals surface area (Å²) in [5, 5.41) is 2.97. The third-order valence-electron chi connectivity index (χ3n) is 4.84. The van der Waals surface area contributed by atoms with Crippen molar-refractivity contribution >= 4 is 29.3 Å². The highest BCUT2D eigenvalue weighted by atomic mass is 32.2. The number of benzene rings is 1. The number of ether oxygens (including phenoxy) is 1. The van der Waals surface area contributed by atoms with E-state index in [0.29, 0.717) is 24.8 Å². The van der Waals surface area contributed by atoms with Gasteiger partial charge in [0.05, 0.1) is 12.5 Å². The van der Waals surface area contributed by atoms with Crippen LogP contribution in [0.3, 0.4) is 0 Å². The molecule has 3 rings (SSSR count). The zero-order chi connectivity index (χ0) is 17.6. The largest absolute Gasteiger partial charge is 0.377 e. The Labute approximate surface area is 153 Å². The van der Waals surface area contributed by atoms with Crippen LogP contribution in [0.2, 0.25) is 0 Å². The van der Waals surface area contributed by atoms with Crippen LogP contribution >= 0.6 is 11.8 Å². The number of amides is 2. The average molecular weight is 362 g/mol. The van der Waals surface area contributed by atoms with E-state index in [1.165, 1.54) is 0 Å². The minimum absolute atomic E-state index is 0.0927. The van der Waals surface area contributed by atoms with Crippen molar-refractivity contribution in [2.45, 2.75) is 45.3 Å². The normalized spacial score (nSPS) is 20.8. The Bertz CT molecular complexity index is 616. The van der Waals surface area contributed by atoms with Crippen molar-refractivity contribution in [1.82, 2.24) is 4.90 Å². The summed E-state index contributed by atoms with van der Waals surface area (Å²) in [7, 11) is 0. The molecule has 0 aromatic heterocycles. The Morgan fingerprint density at radius 2 is 2.12 bits per heavy atom. The number of hydrogen-bond donors (Lipinski definition) is 1. The van der Waals surface area contributed by atoms with E-state index in [9.17, 15) is 9.59 Å². The van der Waals surface area contributed by atoms with Gasteiger partial charge in [0.1, 0.15) is 6.04 Å². The van der Waals surface area contributed by atoms with Crippen LogP contribution in [0.5, 0.6) is 0 Å². The summed E-state index contributed by atoms with van der Waals surface area (Å²) in [5.74, 6) is 1.47. The molecule has 1 aromatic carbocycles. The molecular weight excluding hydrogens is 336 g/mol. The molecule has 25 heavy (non-hydrogen) atoms. The fourth-order valence-corrected chi connectivity index (χ4v) is 4.63. The second kappa shape index (κ2) is 8.72. The Morgan fingerprint density at radius 3 is 2.88 bits per heavy atom. The van der Waals surface area contributed by atoms with Crippen molar-refractivity contribution < 1.29 is 14.3 Å². The molecule has 2 aliphatic rings. The van der Waals surface area contributed by atoms with E-state index in [1.54, 1.807) is 16.7 Å². The third-order valence-corrected chi connectivity index (χ3v) is 5.85. The minimum atomic E-state index is -0.367. The first-order valence-electron chi connectivity index (χ1n) is 9.05. The van der Waals surface area contributed by atoms with E-state index in [0.717, 1.165) is 36.9 Å². The topological polar surface area (TPSA) is 58.6 Å². The quantitative estimate of drug-likeness (QED) is 0.844. The number of carbonyl (C=O) groups is 2. The van der Waals surface area contributed by atoms with Gasteiger partial charge in [0.2, 0.25) is 11.8 Å². The molecule has 136 valence electrons. The predicted molar refractivity (Wildman–Crippen MR) is 100 cm³/mol. The lowest BCUT2D eigenvalue weighted by Gasteiger charge is -2.25. The number of thioether (sulfide) groups is 1. The molecule has 0 bridgehead atoms. The number of nitrogens with zero attached hydrogens (tertiary/aromatic N) is 1. The molecule has 0 spiro atoms. The predicted octanol–water partition coefficient (Wildman–Crippen LogP) is 3.25. The van der Waals surface area contributed by atoms with Crippen LogP contribution in [-0.4, -0.2) is 41.0 Å². The average Bonchev–Trinajstić information content (AvgIpc) is 3.31. The number of carbonyl (C=O) groups excluding carboxylic acids is 2. The zero-order valence-corrected chi connectivity index (χ0v) is 15.5. The van der Waals surface area contributed by atoms with Crippen molar-refractivity contribution in [3.8, 4) is 0 Å². The minimum Gasteiger partial charge on any atom is -0.377 e. The van der Waals surface area contributed by atoms with Crippen molar-refractivity contribution in [2.75, 3.05) is 23.6 Å². The second-order valence-corrected chi connectivity index (χ2v) is 7.63. The van der Waals surface area contributed by atoms with Crippen molar-refractivity contribution in [3.63, 3.8) is 0 Å². The van der Waals surface area contributed by atoms with Gasteiger partial charge in [-0.2, -0.15) is 0 Å². The molecule has 1 unspecified atom stereocenters. The molecule has 1 saturated heterocycles. The van der Waals surface area contributed by atoms with Gasteiger partial charge in [0.25, 0.3) is 0 Å². The fraction of sp³-hybridized carbons (Fsp3) is 0.579. The van der Waals surface area contributed by atoms with Gasteiger partial charge in [-0.15, -0.1) is 11.8 Å². The Hall–Kier alpha value is -1.53. The summed E-state index contributed by atoms with van der Waals surface area (Å²) in [6.45, 7) is 3.15. The number of nitrogens with one attached hydrogen (secondary N) is 1. The van der Waals surface area contributed by atoms with Crippen molar-refractivity contribution in [3.05, 3.63) is 29.8 Å². The molecule has 5 nitrogen and oxygen atoms in total. The van der Waals surface area contributed by atoms with Crippen molar-refractivity contribution in [2.24, 2.45) is 5.92 Å². The summed E-state index contributed by atoms with van der Waals surface area (Å²) < 4.78 is 5.42. The number of anilines is 1. The van der Waals surface area contributed by atoms with Crippen LogP contribution in [0.4, 0.5) is 5.69 Å². The highest BCUT2D eigenvalue weighted by Crippen LogP contribution is 2.31. The monoisotopic (exact) mass is 362 g/mol. The first kappa shape index (κ1) is 18.3. The second-order valence-electron chi connectivity index (χ2n) is 6.63. The first-order chi connectivity index (χ1) is 12.2. The molecule has 1 N–H and O–H groups in total. The molecule has 1 saturated carbocycles. The molecule has 1 atom stereocenters. The van der Waals surface area contributed by atoms with E-state index in [2.05, 4.69) is 5.32 Å². The Morgan fingerprint density at radius 1 is 1.32 bits per heavy atom. The van der Waals surface area contributed by atoms with E-state index >= 15 is 0 Å². The summed E-state index contributed by atoms with van der Waals surface area (Å²) >= 11 is 1.65. The van der Waals surface area contributed by atoms with Gasteiger partial charge in [-0.05, 0) is 37.5 Å². The third kappa shape index (κ3) is 4.55. The highest BCUT2D eigenvalue weighted by Gasteiger charge is 2.38. The lowest BCUT2D eigenvalue weighted by Crippen LogP contribution is -2.46. The molecule has 0 radical (unpaired) electrons. The molecule has 2 amide bonds. The number of rotatable bonds is 6. The lowest BCUT2D eigenvalue weighted by atomic mass is 10.1. The van der Waals surface area contributed by atoms with Gasteiger partial charge in [0, 0.05) is 24.0 Å². The van der Waals surface area contributed by atoms with Gasteiger partial charge in [-0.3, -0.25) is 9.59 Å². The maximum absolute atomic E-state index is 12.7. The molecule has 2 fully saturated rings. The van der Waals surface area contributed by atoms with E-state index in [1.807, 2.05) is 31.2 Å². The Kier molecular flexibility index (Phi) is 6.37. The molecule has 1 aliphatic heterocycles. The van der Waals surface area contributed by atoms with E-state index in [4.69, 9.17) is 4.74 Å². The van der Waals surface area contributed by atoms with Crippen LogP contribution in [-0.2, 0) is 20.9 Å². The van der Waals surface area contributed by atoms with Gasteiger partial charge >= 0.3 is 0 Å². The fourth-order valence-electron chi connectivity index (χ4n) is 3.47. The summed E-state index contributed by atoms with van der Waals surface area (Å²) in [6.07, 6.45) is 4.18. The van der Waals surface area contributed by atoms with Crippen LogP contribution in [0, 0.1) is 5.92 Å².